The normalized spacial score (nSPS) is 17.9. The summed E-state index contributed by atoms with van der Waals surface area (Å²) in [6.45, 7) is 2.41. The number of rotatable bonds is 4. The maximum Gasteiger partial charge on any atom is 0.254 e. The van der Waals surface area contributed by atoms with Crippen LogP contribution in [0.25, 0.3) is 0 Å². The predicted molar refractivity (Wildman–Crippen MR) is 90.8 cm³/mol. The fourth-order valence-corrected chi connectivity index (χ4v) is 3.15. The van der Waals surface area contributed by atoms with Gasteiger partial charge in [-0.05, 0) is 25.0 Å². The van der Waals surface area contributed by atoms with E-state index in [1.165, 1.54) is 0 Å². The summed E-state index contributed by atoms with van der Waals surface area (Å²) in [4.78, 5) is 15.0. The number of carbonyl (C=O) groups is 1. The third-order valence-electron chi connectivity index (χ3n) is 4.44. The number of aryl methyl sites for hydroxylation is 1. The molecule has 2 aromatic rings. The molecule has 2 heterocycles. The first-order valence-corrected chi connectivity index (χ1v) is 8.46. The van der Waals surface area contributed by atoms with Crippen molar-refractivity contribution in [2.75, 3.05) is 20.8 Å². The standard InChI is InChI=1S/C18H23N3O4/c1-12-19-20-17(25-12)16-7-5-4-6-8-21(16)18(22)13-9-14(23-2)11-15(10-13)24-3/h9-11,16H,4-8H2,1-3H3. The first-order valence-electron chi connectivity index (χ1n) is 8.46. The summed E-state index contributed by atoms with van der Waals surface area (Å²) < 4.78 is 16.2. The van der Waals surface area contributed by atoms with E-state index in [2.05, 4.69) is 10.2 Å². The van der Waals surface area contributed by atoms with E-state index in [-0.39, 0.29) is 11.9 Å². The SMILES string of the molecule is COc1cc(OC)cc(C(=O)N2CCCCCC2c2nnc(C)o2)c1. The number of ether oxygens (including phenoxy) is 2. The predicted octanol–water partition coefficient (Wildman–Crippen LogP) is 3.15. The van der Waals surface area contributed by atoms with Crippen molar-refractivity contribution in [2.24, 2.45) is 0 Å². The van der Waals surface area contributed by atoms with Crippen molar-refractivity contribution in [3.05, 3.63) is 35.5 Å². The largest absolute Gasteiger partial charge is 0.497 e. The van der Waals surface area contributed by atoms with Crippen LogP contribution in [0.5, 0.6) is 11.5 Å². The Morgan fingerprint density at radius 2 is 1.84 bits per heavy atom. The molecule has 1 aromatic carbocycles. The van der Waals surface area contributed by atoms with Gasteiger partial charge in [0, 0.05) is 25.1 Å². The fraction of sp³-hybridized carbons (Fsp3) is 0.500. The molecule has 7 heteroatoms. The van der Waals surface area contributed by atoms with Gasteiger partial charge in [-0.25, -0.2) is 0 Å². The van der Waals surface area contributed by atoms with Gasteiger partial charge >= 0.3 is 0 Å². The average Bonchev–Trinajstić information content (AvgIpc) is 2.92. The summed E-state index contributed by atoms with van der Waals surface area (Å²) in [7, 11) is 3.14. The molecule has 0 aliphatic carbocycles. The summed E-state index contributed by atoms with van der Waals surface area (Å²) in [5, 5.41) is 8.06. The lowest BCUT2D eigenvalue weighted by atomic mass is 10.1. The van der Waals surface area contributed by atoms with E-state index in [0.717, 1.165) is 25.7 Å². The van der Waals surface area contributed by atoms with Gasteiger partial charge in [-0.15, -0.1) is 10.2 Å². The first kappa shape index (κ1) is 17.3. The summed E-state index contributed by atoms with van der Waals surface area (Å²) in [5.74, 6) is 2.10. The van der Waals surface area contributed by atoms with Gasteiger partial charge in [0.15, 0.2) is 0 Å². The molecule has 0 spiro atoms. The lowest BCUT2D eigenvalue weighted by Crippen LogP contribution is -2.35. The van der Waals surface area contributed by atoms with E-state index < -0.39 is 0 Å². The van der Waals surface area contributed by atoms with E-state index in [9.17, 15) is 4.79 Å². The Morgan fingerprint density at radius 3 is 2.44 bits per heavy atom. The van der Waals surface area contributed by atoms with Crippen molar-refractivity contribution in [1.29, 1.82) is 0 Å². The van der Waals surface area contributed by atoms with Crippen molar-refractivity contribution in [3.8, 4) is 11.5 Å². The zero-order valence-electron chi connectivity index (χ0n) is 14.8. The molecule has 0 radical (unpaired) electrons. The minimum Gasteiger partial charge on any atom is -0.497 e. The first-order chi connectivity index (χ1) is 12.1. The van der Waals surface area contributed by atoms with Crippen LogP contribution < -0.4 is 9.47 Å². The molecule has 1 aromatic heterocycles. The fourth-order valence-electron chi connectivity index (χ4n) is 3.15. The maximum atomic E-state index is 13.2. The molecule has 0 N–H and O–H groups in total. The minimum atomic E-state index is -0.201. The summed E-state index contributed by atoms with van der Waals surface area (Å²) in [5.41, 5.74) is 0.527. The number of amides is 1. The van der Waals surface area contributed by atoms with Gasteiger partial charge in [-0.2, -0.15) is 0 Å². The zero-order chi connectivity index (χ0) is 17.8. The molecular weight excluding hydrogens is 322 g/mol. The van der Waals surface area contributed by atoms with Gasteiger partial charge in [-0.3, -0.25) is 4.79 Å². The Labute approximate surface area is 146 Å². The molecule has 134 valence electrons. The topological polar surface area (TPSA) is 77.7 Å². The number of carbonyl (C=O) groups excluding carboxylic acids is 1. The van der Waals surface area contributed by atoms with Crippen LogP contribution in [0.2, 0.25) is 0 Å². The molecule has 1 unspecified atom stereocenters. The van der Waals surface area contributed by atoms with Gasteiger partial charge in [0.1, 0.15) is 17.5 Å². The Balaban J connectivity index is 1.94. The molecule has 1 fully saturated rings. The summed E-state index contributed by atoms with van der Waals surface area (Å²) in [6.07, 6.45) is 3.87. The van der Waals surface area contributed by atoms with Gasteiger partial charge < -0.3 is 18.8 Å². The molecule has 3 rings (SSSR count). The zero-order valence-corrected chi connectivity index (χ0v) is 14.8. The second-order valence-electron chi connectivity index (χ2n) is 6.12. The van der Waals surface area contributed by atoms with Crippen LogP contribution in [0.1, 0.15) is 53.9 Å². The van der Waals surface area contributed by atoms with Gasteiger partial charge in [0.2, 0.25) is 11.8 Å². The molecule has 1 saturated heterocycles. The third kappa shape index (κ3) is 3.75. The van der Waals surface area contributed by atoms with E-state index in [4.69, 9.17) is 13.9 Å². The number of hydrogen-bond acceptors (Lipinski definition) is 6. The maximum absolute atomic E-state index is 13.2. The van der Waals surface area contributed by atoms with Crippen LogP contribution in [0.3, 0.4) is 0 Å². The second kappa shape index (κ2) is 7.55. The van der Waals surface area contributed by atoms with Gasteiger partial charge in [-0.1, -0.05) is 12.8 Å². The molecule has 25 heavy (non-hydrogen) atoms. The Bertz CT molecular complexity index is 721. The quantitative estimate of drug-likeness (QED) is 0.847. The Morgan fingerprint density at radius 1 is 1.12 bits per heavy atom. The number of aromatic nitrogens is 2. The number of hydrogen-bond donors (Lipinski definition) is 0. The highest BCUT2D eigenvalue weighted by molar-refractivity contribution is 5.95. The van der Waals surface area contributed by atoms with Crippen molar-refractivity contribution in [3.63, 3.8) is 0 Å². The average molecular weight is 345 g/mol. The van der Waals surface area contributed by atoms with Crippen LogP contribution in [0.15, 0.2) is 22.6 Å². The van der Waals surface area contributed by atoms with Crippen molar-refractivity contribution < 1.29 is 18.7 Å². The molecule has 7 nitrogen and oxygen atoms in total. The highest BCUT2D eigenvalue weighted by Gasteiger charge is 2.31. The van der Waals surface area contributed by atoms with Crippen molar-refractivity contribution >= 4 is 5.91 Å². The van der Waals surface area contributed by atoms with E-state index >= 15 is 0 Å². The molecule has 1 aliphatic rings. The number of methoxy groups -OCH3 is 2. The van der Waals surface area contributed by atoms with Crippen LogP contribution in [-0.2, 0) is 0 Å². The Hall–Kier alpha value is -2.57. The highest BCUT2D eigenvalue weighted by atomic mass is 16.5. The highest BCUT2D eigenvalue weighted by Crippen LogP contribution is 2.32. The van der Waals surface area contributed by atoms with E-state index in [1.807, 2.05) is 4.90 Å². The minimum absolute atomic E-state index is 0.0834. The van der Waals surface area contributed by atoms with Crippen LogP contribution in [-0.4, -0.2) is 41.8 Å². The summed E-state index contributed by atoms with van der Waals surface area (Å²) >= 11 is 0. The van der Waals surface area contributed by atoms with E-state index in [0.29, 0.717) is 35.4 Å². The lowest BCUT2D eigenvalue weighted by molar-refractivity contribution is 0.0650. The van der Waals surface area contributed by atoms with Crippen LogP contribution in [0, 0.1) is 6.92 Å². The van der Waals surface area contributed by atoms with E-state index in [1.54, 1.807) is 39.3 Å². The molecule has 0 bridgehead atoms. The molecule has 1 amide bonds. The summed E-state index contributed by atoms with van der Waals surface area (Å²) in [6, 6.07) is 5.00. The second-order valence-corrected chi connectivity index (χ2v) is 6.12. The molecule has 1 aliphatic heterocycles. The monoisotopic (exact) mass is 345 g/mol. The molecule has 0 saturated carbocycles. The van der Waals surface area contributed by atoms with Crippen LogP contribution in [0.4, 0.5) is 0 Å². The molecule has 1 atom stereocenters. The smallest absolute Gasteiger partial charge is 0.254 e. The Kier molecular flexibility index (Phi) is 5.21. The van der Waals surface area contributed by atoms with Crippen LogP contribution >= 0.6 is 0 Å². The van der Waals surface area contributed by atoms with Crippen molar-refractivity contribution in [1.82, 2.24) is 15.1 Å². The lowest BCUT2D eigenvalue weighted by Gasteiger charge is -2.28. The number of nitrogens with zero attached hydrogens (tertiary/aromatic N) is 3. The third-order valence-corrected chi connectivity index (χ3v) is 4.44. The van der Waals surface area contributed by atoms with Crippen molar-refractivity contribution in [2.45, 2.75) is 38.6 Å². The van der Waals surface area contributed by atoms with Gasteiger partial charge in [0.05, 0.1) is 14.2 Å². The van der Waals surface area contributed by atoms with Gasteiger partial charge in [0.25, 0.3) is 5.91 Å². The number of likely N-dealkylation sites (tertiary alicyclic amines) is 1. The number of benzene rings is 1. The molecular formula is C18H23N3O4.